The largest absolute Gasteiger partial charge is 0.336 e. The summed E-state index contributed by atoms with van der Waals surface area (Å²) in [6.07, 6.45) is 0.787. The molecule has 0 aromatic carbocycles. The van der Waals surface area contributed by atoms with Crippen LogP contribution in [0.1, 0.15) is 26.5 Å². The van der Waals surface area contributed by atoms with Crippen molar-refractivity contribution >= 4 is 23.1 Å². The number of carbonyl (C=O) groups is 1. The maximum absolute atomic E-state index is 11.9. The third-order valence-electron chi connectivity index (χ3n) is 2.61. The average Bonchev–Trinajstić information content (AvgIpc) is 2.95. The Bertz CT molecular complexity index is 545. The normalized spacial score (nSPS) is 10.7. The lowest BCUT2D eigenvalue weighted by molar-refractivity contribution is 0.250. The number of hydrogen-bond acceptors (Lipinski definition) is 3. The van der Waals surface area contributed by atoms with Crippen molar-refractivity contribution in [2.45, 2.75) is 33.2 Å². The lowest BCUT2D eigenvalue weighted by Gasteiger charge is -2.11. The van der Waals surface area contributed by atoms with E-state index < -0.39 is 0 Å². The van der Waals surface area contributed by atoms with Crippen molar-refractivity contribution in [1.29, 1.82) is 0 Å². The molecule has 102 valence electrons. The molecule has 0 aliphatic heterocycles. The lowest BCUT2D eigenvalue weighted by atomic mass is 10.2. The SMILES string of the molecule is CCc1[nH]nc(-c2cccs2)c1NC(=O)NC(C)C. The Kier molecular flexibility index (Phi) is 4.21. The summed E-state index contributed by atoms with van der Waals surface area (Å²) in [5.41, 5.74) is 2.50. The van der Waals surface area contributed by atoms with E-state index in [1.54, 1.807) is 11.3 Å². The predicted molar refractivity (Wildman–Crippen MR) is 78.6 cm³/mol. The number of aryl methyl sites for hydroxylation is 1. The molecule has 0 spiro atoms. The number of urea groups is 1. The van der Waals surface area contributed by atoms with E-state index in [-0.39, 0.29) is 12.1 Å². The van der Waals surface area contributed by atoms with Crippen LogP contribution >= 0.6 is 11.3 Å². The van der Waals surface area contributed by atoms with Gasteiger partial charge in [-0.3, -0.25) is 5.10 Å². The van der Waals surface area contributed by atoms with E-state index in [2.05, 4.69) is 20.8 Å². The maximum atomic E-state index is 11.9. The minimum Gasteiger partial charge on any atom is -0.336 e. The molecule has 2 aromatic heterocycles. The van der Waals surface area contributed by atoms with E-state index in [0.29, 0.717) is 0 Å². The first kappa shape index (κ1) is 13.6. The van der Waals surface area contributed by atoms with Gasteiger partial charge in [-0.15, -0.1) is 11.3 Å². The Balaban J connectivity index is 2.27. The molecule has 0 unspecified atom stereocenters. The van der Waals surface area contributed by atoms with Crippen LogP contribution in [0.2, 0.25) is 0 Å². The topological polar surface area (TPSA) is 69.8 Å². The molecule has 2 aromatic rings. The molecule has 0 fully saturated rings. The van der Waals surface area contributed by atoms with Gasteiger partial charge in [0.2, 0.25) is 0 Å². The van der Waals surface area contributed by atoms with Crippen LogP contribution < -0.4 is 10.6 Å². The van der Waals surface area contributed by atoms with Crippen LogP contribution in [-0.2, 0) is 6.42 Å². The van der Waals surface area contributed by atoms with Gasteiger partial charge in [-0.05, 0) is 31.7 Å². The first-order valence-corrected chi connectivity index (χ1v) is 7.18. The van der Waals surface area contributed by atoms with Crippen molar-refractivity contribution in [3.05, 3.63) is 23.2 Å². The number of anilines is 1. The van der Waals surface area contributed by atoms with Crippen LogP contribution in [0.25, 0.3) is 10.6 Å². The molecule has 2 heterocycles. The third kappa shape index (κ3) is 3.14. The van der Waals surface area contributed by atoms with E-state index >= 15 is 0 Å². The van der Waals surface area contributed by atoms with Gasteiger partial charge in [-0.1, -0.05) is 13.0 Å². The highest BCUT2D eigenvalue weighted by molar-refractivity contribution is 7.13. The first-order valence-electron chi connectivity index (χ1n) is 6.30. The summed E-state index contributed by atoms with van der Waals surface area (Å²) in [7, 11) is 0. The number of thiophene rings is 1. The van der Waals surface area contributed by atoms with Crippen molar-refractivity contribution in [2.75, 3.05) is 5.32 Å². The zero-order valence-electron chi connectivity index (χ0n) is 11.3. The number of amides is 2. The monoisotopic (exact) mass is 278 g/mol. The summed E-state index contributed by atoms with van der Waals surface area (Å²) in [5, 5.41) is 15.0. The second kappa shape index (κ2) is 5.88. The molecule has 0 atom stereocenters. The van der Waals surface area contributed by atoms with Crippen LogP contribution in [0.5, 0.6) is 0 Å². The molecule has 0 aliphatic rings. The molecule has 0 bridgehead atoms. The number of nitrogens with zero attached hydrogens (tertiary/aromatic N) is 1. The van der Waals surface area contributed by atoms with Gasteiger partial charge in [0.1, 0.15) is 5.69 Å². The number of aromatic nitrogens is 2. The van der Waals surface area contributed by atoms with Crippen LogP contribution in [-0.4, -0.2) is 22.3 Å². The first-order chi connectivity index (χ1) is 9.11. The highest BCUT2D eigenvalue weighted by atomic mass is 32.1. The molecule has 3 N–H and O–H groups in total. The summed E-state index contributed by atoms with van der Waals surface area (Å²) in [6.45, 7) is 5.88. The summed E-state index contributed by atoms with van der Waals surface area (Å²) in [4.78, 5) is 12.9. The van der Waals surface area contributed by atoms with Gasteiger partial charge in [0.15, 0.2) is 0 Å². The fourth-order valence-corrected chi connectivity index (χ4v) is 2.49. The van der Waals surface area contributed by atoms with E-state index in [9.17, 15) is 4.79 Å². The molecule has 0 radical (unpaired) electrons. The number of H-pyrrole nitrogens is 1. The van der Waals surface area contributed by atoms with E-state index in [1.165, 1.54) is 0 Å². The molecular weight excluding hydrogens is 260 g/mol. The molecule has 0 saturated carbocycles. The van der Waals surface area contributed by atoms with E-state index in [1.807, 2.05) is 38.3 Å². The van der Waals surface area contributed by atoms with Gasteiger partial charge in [-0.2, -0.15) is 5.10 Å². The fourth-order valence-electron chi connectivity index (χ4n) is 1.77. The molecule has 2 rings (SSSR count). The van der Waals surface area contributed by atoms with Gasteiger partial charge < -0.3 is 10.6 Å². The van der Waals surface area contributed by atoms with E-state index in [0.717, 1.165) is 28.4 Å². The van der Waals surface area contributed by atoms with Crippen molar-refractivity contribution in [2.24, 2.45) is 0 Å². The quantitative estimate of drug-likeness (QED) is 0.803. The van der Waals surface area contributed by atoms with Crippen molar-refractivity contribution in [3.63, 3.8) is 0 Å². The fraction of sp³-hybridized carbons (Fsp3) is 0.385. The minimum atomic E-state index is -0.205. The predicted octanol–water partition coefficient (Wildman–Crippen LogP) is 3.23. The maximum Gasteiger partial charge on any atom is 0.319 e. The highest BCUT2D eigenvalue weighted by Crippen LogP contribution is 2.32. The summed E-state index contributed by atoms with van der Waals surface area (Å²) < 4.78 is 0. The molecular formula is C13H18N4OS. The molecule has 0 aliphatic carbocycles. The smallest absolute Gasteiger partial charge is 0.319 e. The number of rotatable bonds is 4. The van der Waals surface area contributed by atoms with Gasteiger partial charge >= 0.3 is 6.03 Å². The van der Waals surface area contributed by atoms with Gasteiger partial charge in [0.25, 0.3) is 0 Å². The van der Waals surface area contributed by atoms with Crippen LogP contribution in [0.15, 0.2) is 17.5 Å². The minimum absolute atomic E-state index is 0.0992. The standard InChI is InChI=1S/C13H18N4OS/c1-4-9-11(15-13(18)14-8(2)3)12(17-16-9)10-6-5-7-19-10/h5-8H,4H2,1-3H3,(H,16,17)(H2,14,15,18). The third-order valence-corrected chi connectivity index (χ3v) is 3.48. The lowest BCUT2D eigenvalue weighted by Crippen LogP contribution is -2.34. The summed E-state index contributed by atoms with van der Waals surface area (Å²) in [6, 6.07) is 3.86. The molecule has 2 amide bonds. The van der Waals surface area contributed by atoms with E-state index in [4.69, 9.17) is 0 Å². The Hall–Kier alpha value is -1.82. The average molecular weight is 278 g/mol. The number of aromatic amines is 1. The molecule has 19 heavy (non-hydrogen) atoms. The van der Waals surface area contributed by atoms with Gasteiger partial charge in [0.05, 0.1) is 16.3 Å². The zero-order chi connectivity index (χ0) is 13.8. The summed E-state index contributed by atoms with van der Waals surface area (Å²) in [5.74, 6) is 0. The molecule has 0 saturated heterocycles. The van der Waals surface area contributed by atoms with Crippen LogP contribution in [0, 0.1) is 0 Å². The number of carbonyl (C=O) groups excluding carboxylic acids is 1. The Morgan fingerprint density at radius 2 is 2.32 bits per heavy atom. The van der Waals surface area contributed by atoms with Crippen LogP contribution in [0.4, 0.5) is 10.5 Å². The highest BCUT2D eigenvalue weighted by Gasteiger charge is 2.17. The Labute approximate surface area is 116 Å². The second-order valence-electron chi connectivity index (χ2n) is 4.51. The Morgan fingerprint density at radius 1 is 1.53 bits per heavy atom. The van der Waals surface area contributed by atoms with Gasteiger partial charge in [0, 0.05) is 6.04 Å². The molecule has 5 nitrogen and oxygen atoms in total. The number of nitrogens with one attached hydrogen (secondary N) is 3. The van der Waals surface area contributed by atoms with Crippen molar-refractivity contribution in [3.8, 4) is 10.6 Å². The number of hydrogen-bond donors (Lipinski definition) is 3. The summed E-state index contributed by atoms with van der Waals surface area (Å²) >= 11 is 1.60. The molecule has 6 heteroatoms. The van der Waals surface area contributed by atoms with Crippen LogP contribution in [0.3, 0.4) is 0 Å². The van der Waals surface area contributed by atoms with Crippen molar-refractivity contribution in [1.82, 2.24) is 15.5 Å². The zero-order valence-corrected chi connectivity index (χ0v) is 12.1. The Morgan fingerprint density at radius 3 is 2.89 bits per heavy atom. The second-order valence-corrected chi connectivity index (χ2v) is 5.46. The van der Waals surface area contributed by atoms with Crippen molar-refractivity contribution < 1.29 is 4.79 Å². The van der Waals surface area contributed by atoms with Gasteiger partial charge in [-0.25, -0.2) is 4.79 Å².